The van der Waals surface area contributed by atoms with E-state index < -0.39 is 0 Å². The van der Waals surface area contributed by atoms with E-state index in [2.05, 4.69) is 6.58 Å². The molecule has 0 fully saturated rings. The molecular formula is C11H10O. The average molecular weight is 158 g/mol. The van der Waals surface area contributed by atoms with Crippen molar-refractivity contribution < 1.29 is 5.11 Å². The molecule has 2 rings (SSSR count). The molecule has 0 aromatic heterocycles. The molecule has 1 heteroatoms. The second-order valence-electron chi connectivity index (χ2n) is 2.97. The Kier molecular flexibility index (Phi) is 1.51. The van der Waals surface area contributed by atoms with Crippen LogP contribution in [0.5, 0.6) is 0 Å². The quantitative estimate of drug-likeness (QED) is 0.601. The number of hydrogen-bond acceptors (Lipinski definition) is 1. The first-order valence-corrected chi connectivity index (χ1v) is 3.95. The zero-order valence-electron chi connectivity index (χ0n) is 6.75. The summed E-state index contributed by atoms with van der Waals surface area (Å²) in [5, 5.41) is 11.4. The predicted octanol–water partition coefficient (Wildman–Crippen LogP) is 1.18. The van der Waals surface area contributed by atoms with Crippen LogP contribution < -0.4 is 10.4 Å². The van der Waals surface area contributed by atoms with E-state index in [-0.39, 0.29) is 0 Å². The summed E-state index contributed by atoms with van der Waals surface area (Å²) in [5.74, 6) is 0.451. The molecular weight excluding hydrogens is 148 g/mol. The standard InChI is InChI=1S/C11H10O/c1-8-5-6-10-9(7-8)3-2-4-11(10)12/h2-3,5-7,12H,1,4H2. The van der Waals surface area contributed by atoms with Crippen LogP contribution >= 0.6 is 0 Å². The molecule has 0 saturated heterocycles. The van der Waals surface area contributed by atoms with Crippen LogP contribution in [0.2, 0.25) is 0 Å². The van der Waals surface area contributed by atoms with Crippen LogP contribution in [0.1, 0.15) is 12.0 Å². The first-order valence-electron chi connectivity index (χ1n) is 3.95. The molecule has 0 amide bonds. The topological polar surface area (TPSA) is 20.2 Å². The molecule has 12 heavy (non-hydrogen) atoms. The van der Waals surface area contributed by atoms with Crippen molar-refractivity contribution in [1.29, 1.82) is 0 Å². The van der Waals surface area contributed by atoms with Crippen LogP contribution in [0.4, 0.5) is 0 Å². The Morgan fingerprint density at radius 2 is 2.17 bits per heavy atom. The van der Waals surface area contributed by atoms with E-state index in [1.165, 1.54) is 0 Å². The van der Waals surface area contributed by atoms with Gasteiger partial charge in [0, 0.05) is 11.6 Å². The Morgan fingerprint density at radius 3 is 3.00 bits per heavy atom. The summed E-state index contributed by atoms with van der Waals surface area (Å²) in [6, 6.07) is 5.80. The Balaban J connectivity index is 2.85. The van der Waals surface area contributed by atoms with Crippen LogP contribution in [0.15, 0.2) is 24.3 Å². The van der Waals surface area contributed by atoms with E-state index in [1.54, 1.807) is 0 Å². The van der Waals surface area contributed by atoms with E-state index in [0.717, 1.165) is 16.0 Å². The molecule has 0 atom stereocenters. The second kappa shape index (κ2) is 2.52. The molecule has 0 spiro atoms. The highest BCUT2D eigenvalue weighted by atomic mass is 16.3. The first kappa shape index (κ1) is 7.17. The SMILES string of the molecule is C=c1ccc2c(c1)C=CCC=2O. The van der Waals surface area contributed by atoms with Gasteiger partial charge < -0.3 is 5.11 Å². The lowest BCUT2D eigenvalue weighted by Crippen LogP contribution is -2.16. The maximum absolute atomic E-state index is 9.50. The highest BCUT2D eigenvalue weighted by Crippen LogP contribution is 2.06. The summed E-state index contributed by atoms with van der Waals surface area (Å²) >= 11 is 0. The molecule has 1 N–H and O–H groups in total. The van der Waals surface area contributed by atoms with Gasteiger partial charge in [0.15, 0.2) is 0 Å². The van der Waals surface area contributed by atoms with Crippen LogP contribution in [-0.4, -0.2) is 5.11 Å². The monoisotopic (exact) mass is 158 g/mol. The van der Waals surface area contributed by atoms with Crippen molar-refractivity contribution in [3.63, 3.8) is 0 Å². The zero-order valence-corrected chi connectivity index (χ0v) is 6.75. The Morgan fingerprint density at radius 1 is 1.33 bits per heavy atom. The number of hydrogen-bond donors (Lipinski definition) is 1. The number of aliphatic hydroxyl groups is 1. The van der Waals surface area contributed by atoms with Crippen LogP contribution in [0.25, 0.3) is 18.4 Å². The van der Waals surface area contributed by atoms with Crippen molar-refractivity contribution in [3.8, 4) is 0 Å². The van der Waals surface area contributed by atoms with Gasteiger partial charge in [-0.05, 0) is 16.8 Å². The Bertz CT molecular complexity index is 441. The van der Waals surface area contributed by atoms with Gasteiger partial charge in [0.05, 0.1) is 0 Å². The molecule has 0 unspecified atom stereocenters. The summed E-state index contributed by atoms with van der Waals surface area (Å²) in [6.45, 7) is 3.83. The van der Waals surface area contributed by atoms with Crippen molar-refractivity contribution >= 4 is 18.4 Å². The molecule has 1 aromatic rings. The molecule has 0 radical (unpaired) electrons. The molecule has 0 saturated carbocycles. The minimum atomic E-state index is 0.451. The molecule has 0 heterocycles. The maximum Gasteiger partial charge on any atom is 0.104 e. The minimum Gasteiger partial charge on any atom is -0.511 e. The van der Waals surface area contributed by atoms with Crippen LogP contribution in [0, 0.1) is 0 Å². The van der Waals surface area contributed by atoms with Gasteiger partial charge in [-0.15, -0.1) is 0 Å². The minimum absolute atomic E-state index is 0.451. The van der Waals surface area contributed by atoms with Gasteiger partial charge >= 0.3 is 0 Å². The van der Waals surface area contributed by atoms with Gasteiger partial charge in [-0.3, -0.25) is 0 Å². The fourth-order valence-electron chi connectivity index (χ4n) is 1.42. The van der Waals surface area contributed by atoms with Gasteiger partial charge in [-0.2, -0.15) is 0 Å². The normalized spacial score (nSPS) is 14.5. The van der Waals surface area contributed by atoms with E-state index in [0.29, 0.717) is 12.2 Å². The summed E-state index contributed by atoms with van der Waals surface area (Å²) in [7, 11) is 0. The average Bonchev–Trinajstić information content (AvgIpc) is 2.04. The summed E-state index contributed by atoms with van der Waals surface area (Å²) < 4.78 is 0. The number of aliphatic hydroxyl groups excluding tert-OH is 1. The van der Waals surface area contributed by atoms with E-state index >= 15 is 0 Å². The molecule has 1 aliphatic carbocycles. The van der Waals surface area contributed by atoms with Crippen molar-refractivity contribution in [2.45, 2.75) is 6.42 Å². The van der Waals surface area contributed by atoms with Gasteiger partial charge in [0.2, 0.25) is 0 Å². The van der Waals surface area contributed by atoms with E-state index in [4.69, 9.17) is 0 Å². The molecule has 60 valence electrons. The third-order valence-electron chi connectivity index (χ3n) is 2.04. The lowest BCUT2D eigenvalue weighted by molar-refractivity contribution is 0.488. The zero-order chi connectivity index (χ0) is 8.55. The number of rotatable bonds is 0. The molecule has 0 bridgehead atoms. The molecule has 0 aliphatic heterocycles. The van der Waals surface area contributed by atoms with Crippen molar-refractivity contribution in [2.75, 3.05) is 0 Å². The largest absolute Gasteiger partial charge is 0.511 e. The van der Waals surface area contributed by atoms with Crippen molar-refractivity contribution in [3.05, 3.63) is 40.3 Å². The van der Waals surface area contributed by atoms with Crippen molar-refractivity contribution in [2.24, 2.45) is 0 Å². The second-order valence-corrected chi connectivity index (χ2v) is 2.97. The van der Waals surface area contributed by atoms with E-state index in [9.17, 15) is 5.11 Å². The summed E-state index contributed by atoms with van der Waals surface area (Å²) in [6.07, 6.45) is 4.62. The summed E-state index contributed by atoms with van der Waals surface area (Å²) in [4.78, 5) is 0. The number of benzene rings is 1. The Hall–Kier alpha value is -1.50. The highest BCUT2D eigenvalue weighted by Gasteiger charge is 2.01. The van der Waals surface area contributed by atoms with Crippen LogP contribution in [0.3, 0.4) is 0 Å². The third kappa shape index (κ3) is 1.03. The third-order valence-corrected chi connectivity index (χ3v) is 2.04. The molecule has 1 nitrogen and oxygen atoms in total. The van der Waals surface area contributed by atoms with Crippen LogP contribution in [-0.2, 0) is 0 Å². The highest BCUT2D eigenvalue weighted by molar-refractivity contribution is 5.60. The molecule has 1 aliphatic rings. The predicted molar refractivity (Wildman–Crippen MR) is 50.9 cm³/mol. The fourth-order valence-corrected chi connectivity index (χ4v) is 1.42. The van der Waals surface area contributed by atoms with Gasteiger partial charge in [-0.1, -0.05) is 30.9 Å². The smallest absolute Gasteiger partial charge is 0.104 e. The lowest BCUT2D eigenvalue weighted by atomic mass is 10.0. The lowest BCUT2D eigenvalue weighted by Gasteiger charge is -2.04. The fraction of sp³-hybridized carbons (Fsp3) is 0.0909. The maximum atomic E-state index is 9.50. The van der Waals surface area contributed by atoms with Gasteiger partial charge in [0.1, 0.15) is 5.76 Å². The first-order chi connectivity index (χ1) is 5.77. The van der Waals surface area contributed by atoms with Gasteiger partial charge in [0.25, 0.3) is 0 Å². The number of fused-ring (bicyclic) bond motifs is 1. The van der Waals surface area contributed by atoms with E-state index in [1.807, 2.05) is 30.4 Å². The Labute approximate surface area is 71.0 Å². The van der Waals surface area contributed by atoms with Crippen molar-refractivity contribution in [1.82, 2.24) is 0 Å². The molecule has 1 aromatic carbocycles. The van der Waals surface area contributed by atoms with Gasteiger partial charge in [-0.25, -0.2) is 0 Å². The summed E-state index contributed by atoms with van der Waals surface area (Å²) in [5.41, 5.74) is 1.06.